The number of hydrogen-bond acceptors (Lipinski definition) is 10. The molecule has 6 amide bonds. The second-order valence-corrected chi connectivity index (χ2v) is 15.4. The number of nitrogens with one attached hydrogen (secondary N) is 8. The number of carbonyl (C=O) groups is 4. The second kappa shape index (κ2) is 25.6. The van der Waals surface area contributed by atoms with E-state index >= 15 is 0 Å². The first-order chi connectivity index (χ1) is 30.6. The van der Waals surface area contributed by atoms with Gasteiger partial charge in [0, 0.05) is 115 Å². The Bertz CT molecular complexity index is 1960. The second-order valence-electron chi connectivity index (χ2n) is 15.4. The van der Waals surface area contributed by atoms with Gasteiger partial charge in [0.2, 0.25) is 11.8 Å². The minimum Gasteiger partial charge on any atom is -0.370 e. The molecule has 2 aliphatic heterocycles. The van der Waals surface area contributed by atoms with Crippen molar-refractivity contribution >= 4 is 52.9 Å². The fourth-order valence-corrected chi connectivity index (χ4v) is 7.16. The molecule has 1 aromatic carbocycles. The highest BCUT2D eigenvalue weighted by Crippen LogP contribution is 2.41. The van der Waals surface area contributed by atoms with E-state index in [1.54, 1.807) is 18.2 Å². The lowest BCUT2D eigenvalue weighted by molar-refractivity contribution is -0.120. The Morgan fingerprint density at radius 1 is 0.781 bits per heavy atom. The van der Waals surface area contributed by atoms with Gasteiger partial charge in [0.05, 0.1) is 28.5 Å². The van der Waals surface area contributed by atoms with Crippen LogP contribution in [0.1, 0.15) is 70.8 Å². The lowest BCUT2D eigenvalue weighted by atomic mass is 10.0. The number of hydrogen-bond donors (Lipinski definition) is 12. The molecule has 0 saturated carbocycles. The highest BCUT2D eigenvalue weighted by molar-refractivity contribution is 6.02. The predicted octanol–water partition coefficient (Wildman–Crippen LogP) is 1.83. The highest BCUT2D eigenvalue weighted by atomic mass is 19.3. The third-order valence-electron chi connectivity index (χ3n) is 10.2. The number of rotatable bonds is 22. The van der Waals surface area contributed by atoms with Crippen LogP contribution >= 0.6 is 0 Å². The first kappa shape index (κ1) is 50.2. The number of aliphatic imine (C=N–C) groups is 2. The minimum atomic E-state index is -3.30. The Morgan fingerprint density at radius 3 is 1.91 bits per heavy atom. The normalized spacial score (nSPS) is 15.6. The number of alkyl halides is 2. The molecule has 16 N–H and O–H groups in total. The molecule has 64 heavy (non-hydrogen) atoms. The zero-order valence-electron chi connectivity index (χ0n) is 36.9. The molecule has 4 rings (SSSR count). The maximum absolute atomic E-state index is 14.9. The topological polar surface area (TPSA) is 300 Å². The van der Waals surface area contributed by atoms with Gasteiger partial charge in [-0.3, -0.25) is 19.6 Å². The van der Waals surface area contributed by atoms with Crippen molar-refractivity contribution < 1.29 is 28.0 Å². The van der Waals surface area contributed by atoms with E-state index in [4.69, 9.17) is 22.9 Å². The monoisotopic (exact) mass is 897 g/mol. The molecule has 1 aromatic rings. The van der Waals surface area contributed by atoms with E-state index in [0.717, 1.165) is 25.7 Å². The smallest absolute Gasteiger partial charge is 0.323 e. The van der Waals surface area contributed by atoms with Gasteiger partial charge >= 0.3 is 12.1 Å². The maximum atomic E-state index is 14.9. The zero-order valence-corrected chi connectivity index (χ0v) is 36.9. The summed E-state index contributed by atoms with van der Waals surface area (Å²) in [6.45, 7) is 8.61. The zero-order chi connectivity index (χ0) is 46.5. The molecule has 2 heterocycles. The molecular weight excluding hydrogens is 831 g/mol. The molecule has 2 fully saturated rings. The summed E-state index contributed by atoms with van der Waals surface area (Å²) in [5, 5.41) is 23.7. The quantitative estimate of drug-likeness (QED) is 0.0344. The number of carbonyl (C=O) groups excluding carboxylic acids is 4. The average molecular weight is 897 g/mol. The van der Waals surface area contributed by atoms with Crippen molar-refractivity contribution in [3.8, 4) is 0 Å². The van der Waals surface area contributed by atoms with Crippen molar-refractivity contribution in [3.63, 3.8) is 0 Å². The molecule has 0 spiro atoms. The van der Waals surface area contributed by atoms with Gasteiger partial charge in [0.15, 0.2) is 11.9 Å². The number of anilines is 3. The van der Waals surface area contributed by atoms with Gasteiger partial charge in [0.1, 0.15) is 0 Å². The van der Waals surface area contributed by atoms with Gasteiger partial charge in [-0.25, -0.2) is 18.4 Å². The molecule has 2 saturated heterocycles. The summed E-state index contributed by atoms with van der Waals surface area (Å²) in [6, 6.07) is 1.30. The number of amides is 6. The molecule has 1 aliphatic carbocycles. The summed E-state index contributed by atoms with van der Waals surface area (Å²) >= 11 is 0. The average Bonchev–Trinajstić information content (AvgIpc) is 3.62. The SMILES string of the molecule is CC/C=C(\C=C/CNC(=O)NC1=CCC(NC(=O)CCCCN=C(N)N)=C1N1CCNCC1)NC(=O)Nc1cc(C(C)(F)F)cc(NC(=O)CCCCN=C(N)N)c1N1CCNCC1. The first-order valence-electron chi connectivity index (χ1n) is 21.8. The van der Waals surface area contributed by atoms with Crippen LogP contribution < -0.4 is 70.4 Å². The number of unbranched alkanes of at least 4 members (excludes halogenated alkanes) is 2. The lowest BCUT2D eigenvalue weighted by Gasteiger charge is -2.33. The number of benzene rings is 1. The van der Waals surface area contributed by atoms with E-state index in [9.17, 15) is 28.0 Å². The van der Waals surface area contributed by atoms with E-state index < -0.39 is 23.5 Å². The van der Waals surface area contributed by atoms with Crippen LogP contribution in [0.15, 0.2) is 69.2 Å². The Hall–Kier alpha value is -6.42. The summed E-state index contributed by atoms with van der Waals surface area (Å²) in [5.74, 6) is -3.84. The van der Waals surface area contributed by atoms with Crippen molar-refractivity contribution in [2.75, 3.05) is 87.5 Å². The van der Waals surface area contributed by atoms with Crippen LogP contribution in [0, 0.1) is 0 Å². The highest BCUT2D eigenvalue weighted by Gasteiger charge is 2.30. The third-order valence-corrected chi connectivity index (χ3v) is 10.2. The van der Waals surface area contributed by atoms with Crippen molar-refractivity contribution in [2.24, 2.45) is 32.9 Å². The number of piperazine rings is 2. The van der Waals surface area contributed by atoms with E-state index in [-0.39, 0.29) is 48.1 Å². The molecule has 0 unspecified atom stereocenters. The summed E-state index contributed by atoms with van der Waals surface area (Å²) in [7, 11) is 0. The number of nitrogens with two attached hydrogens (primary N) is 4. The van der Waals surface area contributed by atoms with E-state index in [1.807, 2.05) is 17.9 Å². The van der Waals surface area contributed by atoms with E-state index in [2.05, 4.69) is 57.4 Å². The largest absolute Gasteiger partial charge is 0.370 e. The van der Waals surface area contributed by atoms with Crippen LogP contribution in [0.3, 0.4) is 0 Å². The molecule has 352 valence electrons. The Morgan fingerprint density at radius 2 is 1.34 bits per heavy atom. The van der Waals surface area contributed by atoms with Crippen LogP contribution in [0.4, 0.5) is 35.4 Å². The fraction of sp³-hybridized carbons (Fsp3) is 0.524. The molecular formula is C42H66F2N16O4. The number of halogens is 2. The van der Waals surface area contributed by atoms with E-state index in [1.165, 1.54) is 12.1 Å². The van der Waals surface area contributed by atoms with Gasteiger partial charge in [-0.1, -0.05) is 25.2 Å². The summed E-state index contributed by atoms with van der Waals surface area (Å²) in [6.07, 6.45) is 10.6. The molecule has 0 radical (unpaired) electrons. The number of allylic oxidation sites excluding steroid dienone is 3. The lowest BCUT2D eigenvalue weighted by Crippen LogP contribution is -2.46. The van der Waals surface area contributed by atoms with Crippen LogP contribution in [0.2, 0.25) is 0 Å². The van der Waals surface area contributed by atoms with Crippen LogP contribution in [-0.2, 0) is 15.5 Å². The number of nitrogens with zero attached hydrogens (tertiary/aromatic N) is 4. The first-order valence-corrected chi connectivity index (χ1v) is 21.8. The van der Waals surface area contributed by atoms with Gasteiger partial charge in [-0.05, 0) is 50.3 Å². The van der Waals surface area contributed by atoms with Crippen molar-refractivity contribution in [3.05, 3.63) is 64.8 Å². The third kappa shape index (κ3) is 17.0. The molecule has 20 nitrogen and oxygen atoms in total. The maximum Gasteiger partial charge on any atom is 0.323 e. The molecule has 0 atom stereocenters. The molecule has 0 aromatic heterocycles. The van der Waals surface area contributed by atoms with Gasteiger partial charge < -0.3 is 75.3 Å². The van der Waals surface area contributed by atoms with E-state index in [0.29, 0.717) is 120 Å². The van der Waals surface area contributed by atoms with Gasteiger partial charge in [-0.2, -0.15) is 0 Å². The van der Waals surface area contributed by atoms with Crippen molar-refractivity contribution in [2.45, 2.75) is 71.1 Å². The van der Waals surface area contributed by atoms with Crippen molar-refractivity contribution in [1.29, 1.82) is 0 Å². The standard InChI is InChI=1S/C42H66F2N16O4/c1-3-9-29(10-8-17-53-40(63)57-31-14-13-30(36(31)59-22-18-49-19-23-59)55-34(61)11-4-6-15-51-38(45)46)54-41(64)58-33-27-28(42(2,43)44)26-32(37(33)60-24-20-50-21-25-60)56-35(62)12-5-7-16-52-39(47)48/h8-10,14,26-27,49-50H,3-7,11-13,15-25H2,1-2H3,(H,55,61)(H,56,62)(H4,45,46,51)(H4,47,48,52)(H2,53,57,63)(H2,54,58,64)/b10-8-,29-9+. The summed E-state index contributed by atoms with van der Waals surface area (Å²) in [5.41, 5.74) is 24.2. The van der Waals surface area contributed by atoms with Crippen molar-refractivity contribution in [1.82, 2.24) is 36.8 Å². The molecule has 22 heteroatoms. The van der Waals surface area contributed by atoms with Crippen LogP contribution in [0.25, 0.3) is 0 Å². The number of guanidine groups is 2. The fourth-order valence-electron chi connectivity index (χ4n) is 7.16. The van der Waals surface area contributed by atoms with Gasteiger partial charge in [-0.15, -0.1) is 0 Å². The predicted molar refractivity (Wildman–Crippen MR) is 247 cm³/mol. The minimum absolute atomic E-state index is 0.0163. The summed E-state index contributed by atoms with van der Waals surface area (Å²) < 4.78 is 29.9. The Balaban J connectivity index is 1.40. The molecule has 0 bridgehead atoms. The molecule has 3 aliphatic rings. The van der Waals surface area contributed by atoms with Crippen LogP contribution in [0.5, 0.6) is 0 Å². The summed E-state index contributed by atoms with van der Waals surface area (Å²) in [4.78, 5) is 64.6. The number of urea groups is 2. The van der Waals surface area contributed by atoms with Gasteiger partial charge in [0.25, 0.3) is 5.92 Å². The Kier molecular flexibility index (Phi) is 20.1. The van der Waals surface area contributed by atoms with Crippen LogP contribution in [-0.4, -0.2) is 113 Å². The Labute approximate surface area is 373 Å².